The molecule has 0 spiro atoms. The van der Waals surface area contributed by atoms with Crippen LogP contribution >= 0.6 is 11.6 Å². The lowest BCUT2D eigenvalue weighted by atomic mass is 10.2. The van der Waals surface area contributed by atoms with Gasteiger partial charge in [0.1, 0.15) is 18.2 Å². The number of hydrogen-bond acceptors (Lipinski definition) is 5. The van der Waals surface area contributed by atoms with E-state index in [1.807, 2.05) is 6.07 Å². The van der Waals surface area contributed by atoms with Gasteiger partial charge < -0.3 is 9.47 Å². The van der Waals surface area contributed by atoms with Gasteiger partial charge in [-0.15, -0.1) is 0 Å². The second-order valence-electron chi connectivity index (χ2n) is 6.03. The maximum atomic E-state index is 13.7. The molecule has 1 aromatic heterocycles. The molecule has 0 unspecified atom stereocenters. The van der Waals surface area contributed by atoms with Crippen LogP contribution in [-0.2, 0) is 6.54 Å². The molecule has 3 rings (SSSR count). The molecule has 2 aromatic carbocycles. The van der Waals surface area contributed by atoms with E-state index in [0.717, 1.165) is 6.07 Å². The summed E-state index contributed by atoms with van der Waals surface area (Å²) in [6.45, 7) is 0.156. The van der Waals surface area contributed by atoms with Crippen LogP contribution < -0.4 is 20.7 Å². The lowest BCUT2D eigenvalue weighted by Crippen LogP contribution is -2.30. The Hall–Kier alpha value is -3.83. The number of halogens is 2. The quantitative estimate of drug-likeness (QED) is 0.579. The normalized spacial score (nSPS) is 10.7. The molecule has 9 heteroatoms. The fraction of sp³-hybridized carbons (Fsp3) is 0.0952. The molecule has 1 N–H and O–H groups in total. The van der Waals surface area contributed by atoms with E-state index in [4.69, 9.17) is 26.3 Å². The van der Waals surface area contributed by atoms with Gasteiger partial charge in [-0.2, -0.15) is 5.26 Å². The number of rotatable bonds is 7. The minimum absolute atomic E-state index is 0.0253. The standard InChI is InChI=1S/C21H15ClFN3O4/c22-15-10-14(2-1-6-24)11-17(12-15)30-18-4-3-16(23)13-19(18)29-9-8-26-7-5-20(27)25-21(26)28/h1-5,7,10-13H,8-9H2,(H,25,27,28). The summed E-state index contributed by atoms with van der Waals surface area (Å²) in [6.07, 6.45) is 4.22. The number of aromatic nitrogens is 2. The number of allylic oxidation sites excluding steroid dienone is 1. The highest BCUT2D eigenvalue weighted by Gasteiger charge is 2.10. The third kappa shape index (κ3) is 5.59. The van der Waals surface area contributed by atoms with Crippen molar-refractivity contribution < 1.29 is 13.9 Å². The van der Waals surface area contributed by atoms with E-state index in [9.17, 15) is 14.0 Å². The first-order valence-corrected chi connectivity index (χ1v) is 9.09. The number of nitriles is 1. The molecule has 0 bridgehead atoms. The van der Waals surface area contributed by atoms with E-state index in [0.29, 0.717) is 16.3 Å². The number of nitrogens with zero attached hydrogens (tertiary/aromatic N) is 2. The minimum atomic E-state index is -0.571. The number of benzene rings is 2. The smallest absolute Gasteiger partial charge is 0.328 e. The van der Waals surface area contributed by atoms with E-state index in [1.54, 1.807) is 24.3 Å². The number of aromatic amines is 1. The van der Waals surface area contributed by atoms with Crippen LogP contribution in [0.3, 0.4) is 0 Å². The Morgan fingerprint density at radius 2 is 2.00 bits per heavy atom. The largest absolute Gasteiger partial charge is 0.488 e. The molecule has 0 fully saturated rings. The van der Waals surface area contributed by atoms with Gasteiger partial charge in [0.25, 0.3) is 5.56 Å². The molecule has 0 aliphatic heterocycles. The Labute approximate surface area is 175 Å². The Balaban J connectivity index is 1.78. The van der Waals surface area contributed by atoms with Crippen LogP contribution in [-0.4, -0.2) is 16.2 Å². The summed E-state index contributed by atoms with van der Waals surface area (Å²) in [5, 5.41) is 9.06. The fourth-order valence-corrected chi connectivity index (χ4v) is 2.79. The Morgan fingerprint density at radius 3 is 2.77 bits per heavy atom. The first-order chi connectivity index (χ1) is 14.4. The van der Waals surface area contributed by atoms with Gasteiger partial charge in [-0.05, 0) is 42.0 Å². The molecule has 1 heterocycles. The third-order valence-electron chi connectivity index (χ3n) is 3.86. The monoisotopic (exact) mass is 427 g/mol. The summed E-state index contributed by atoms with van der Waals surface area (Å²) >= 11 is 6.09. The maximum absolute atomic E-state index is 13.7. The molecule has 0 aliphatic carbocycles. The predicted molar refractivity (Wildman–Crippen MR) is 109 cm³/mol. The van der Waals surface area contributed by atoms with Gasteiger partial charge in [-0.1, -0.05) is 11.6 Å². The van der Waals surface area contributed by atoms with E-state index in [2.05, 4.69) is 4.98 Å². The molecule has 0 atom stereocenters. The molecule has 30 heavy (non-hydrogen) atoms. The minimum Gasteiger partial charge on any atom is -0.488 e. The second-order valence-corrected chi connectivity index (χ2v) is 6.46. The molecule has 0 amide bonds. The number of H-pyrrole nitrogens is 1. The second kappa shape index (κ2) is 9.58. The lowest BCUT2D eigenvalue weighted by Gasteiger charge is -2.14. The molecule has 3 aromatic rings. The van der Waals surface area contributed by atoms with Crippen molar-refractivity contribution in [3.05, 3.63) is 92.0 Å². The lowest BCUT2D eigenvalue weighted by molar-refractivity contribution is 0.281. The molecule has 152 valence electrons. The molecule has 0 radical (unpaired) electrons. The van der Waals surface area contributed by atoms with Crippen LogP contribution in [0.1, 0.15) is 5.56 Å². The maximum Gasteiger partial charge on any atom is 0.328 e. The Morgan fingerprint density at radius 1 is 1.17 bits per heavy atom. The van der Waals surface area contributed by atoms with Crippen molar-refractivity contribution in [1.29, 1.82) is 5.26 Å². The SMILES string of the molecule is N#CC=Cc1cc(Cl)cc(Oc2ccc(F)cc2OCCn2ccc(=O)[nH]c2=O)c1. The Bertz CT molecular complexity index is 1240. The van der Waals surface area contributed by atoms with Gasteiger partial charge in [0.15, 0.2) is 11.5 Å². The Kier molecular flexibility index (Phi) is 6.67. The van der Waals surface area contributed by atoms with Gasteiger partial charge in [0, 0.05) is 29.4 Å². The average molecular weight is 428 g/mol. The van der Waals surface area contributed by atoms with Crippen LogP contribution in [0.5, 0.6) is 17.2 Å². The first-order valence-electron chi connectivity index (χ1n) is 8.71. The van der Waals surface area contributed by atoms with Crippen molar-refractivity contribution in [3.63, 3.8) is 0 Å². The van der Waals surface area contributed by atoms with Gasteiger partial charge >= 0.3 is 5.69 Å². The van der Waals surface area contributed by atoms with Gasteiger partial charge in [-0.3, -0.25) is 14.3 Å². The van der Waals surface area contributed by atoms with Crippen LogP contribution in [0.15, 0.2) is 64.3 Å². The highest BCUT2D eigenvalue weighted by Crippen LogP contribution is 2.34. The topological polar surface area (TPSA) is 97.1 Å². The summed E-state index contributed by atoms with van der Waals surface area (Å²) in [4.78, 5) is 25.0. The fourth-order valence-electron chi connectivity index (χ4n) is 2.55. The van der Waals surface area contributed by atoms with Crippen molar-refractivity contribution in [2.45, 2.75) is 6.54 Å². The van der Waals surface area contributed by atoms with E-state index < -0.39 is 17.1 Å². The number of nitrogens with one attached hydrogen (secondary N) is 1. The highest BCUT2D eigenvalue weighted by molar-refractivity contribution is 6.30. The molecular weight excluding hydrogens is 413 g/mol. The summed E-state index contributed by atoms with van der Waals surface area (Å²) in [6, 6.07) is 11.8. The summed E-state index contributed by atoms with van der Waals surface area (Å²) < 4.78 is 26.4. The van der Waals surface area contributed by atoms with Crippen molar-refractivity contribution in [2.75, 3.05) is 6.61 Å². The summed E-state index contributed by atoms with van der Waals surface area (Å²) in [5.41, 5.74) is -0.414. The van der Waals surface area contributed by atoms with Crippen LogP contribution in [0, 0.1) is 17.1 Å². The van der Waals surface area contributed by atoms with E-state index >= 15 is 0 Å². The zero-order chi connectivity index (χ0) is 21.5. The summed E-state index contributed by atoms with van der Waals surface area (Å²) in [7, 11) is 0. The zero-order valence-corrected chi connectivity index (χ0v) is 16.2. The van der Waals surface area contributed by atoms with Crippen molar-refractivity contribution in [1.82, 2.24) is 9.55 Å². The third-order valence-corrected chi connectivity index (χ3v) is 4.08. The van der Waals surface area contributed by atoms with Crippen LogP contribution in [0.25, 0.3) is 6.08 Å². The number of ether oxygens (including phenoxy) is 2. The van der Waals surface area contributed by atoms with Crippen molar-refractivity contribution in [3.8, 4) is 23.3 Å². The van der Waals surface area contributed by atoms with E-state index in [-0.39, 0.29) is 24.7 Å². The average Bonchev–Trinajstić information content (AvgIpc) is 2.69. The van der Waals surface area contributed by atoms with Crippen LogP contribution in [0.4, 0.5) is 4.39 Å². The van der Waals surface area contributed by atoms with Gasteiger partial charge in [-0.25, -0.2) is 9.18 Å². The van der Waals surface area contributed by atoms with Crippen LogP contribution in [0.2, 0.25) is 5.02 Å². The molecule has 7 nitrogen and oxygen atoms in total. The van der Waals surface area contributed by atoms with E-state index in [1.165, 1.54) is 35.0 Å². The van der Waals surface area contributed by atoms with Crippen molar-refractivity contribution in [2.24, 2.45) is 0 Å². The van der Waals surface area contributed by atoms with Gasteiger partial charge in [0.2, 0.25) is 0 Å². The summed E-state index contributed by atoms with van der Waals surface area (Å²) in [5.74, 6) is 0.208. The molecule has 0 aliphatic rings. The highest BCUT2D eigenvalue weighted by atomic mass is 35.5. The first kappa shape index (κ1) is 20.9. The predicted octanol–water partition coefficient (Wildman–Crippen LogP) is 3.74. The zero-order valence-electron chi connectivity index (χ0n) is 15.5. The van der Waals surface area contributed by atoms with Gasteiger partial charge in [0.05, 0.1) is 12.6 Å². The molecule has 0 saturated carbocycles. The molecular formula is C21H15ClFN3O4. The molecule has 0 saturated heterocycles. The van der Waals surface area contributed by atoms with Crippen molar-refractivity contribution >= 4 is 17.7 Å². The number of hydrogen-bond donors (Lipinski definition) is 1.